The van der Waals surface area contributed by atoms with E-state index in [1.807, 2.05) is 11.8 Å². The zero-order chi connectivity index (χ0) is 11.6. The monoisotopic (exact) mass is 235 g/mol. The van der Waals surface area contributed by atoms with E-state index in [-0.39, 0.29) is 5.54 Å². The first-order valence-electron chi connectivity index (χ1n) is 6.20. The minimum atomic E-state index is 0.0414. The lowest BCUT2D eigenvalue weighted by Crippen LogP contribution is -2.41. The zero-order valence-electron chi connectivity index (χ0n) is 10.2. The predicted molar refractivity (Wildman–Crippen MR) is 71.9 cm³/mol. The molecule has 88 valence electrons. The zero-order valence-corrected chi connectivity index (χ0v) is 11.0. The molecule has 0 saturated heterocycles. The van der Waals surface area contributed by atoms with Crippen LogP contribution in [0.5, 0.6) is 0 Å². The molecule has 0 radical (unpaired) electrons. The van der Waals surface area contributed by atoms with Gasteiger partial charge in [0.2, 0.25) is 0 Å². The molecule has 0 fully saturated rings. The molecule has 1 aliphatic heterocycles. The van der Waals surface area contributed by atoms with Crippen molar-refractivity contribution in [1.82, 2.24) is 0 Å². The van der Waals surface area contributed by atoms with Gasteiger partial charge in [0.1, 0.15) is 0 Å². The maximum atomic E-state index is 6.40. The van der Waals surface area contributed by atoms with Crippen molar-refractivity contribution in [3.63, 3.8) is 0 Å². The molecular weight excluding hydrogens is 214 g/mol. The smallest absolute Gasteiger partial charge is 0.0159 e. The maximum absolute atomic E-state index is 6.40. The minimum Gasteiger partial charge on any atom is -0.325 e. The van der Waals surface area contributed by atoms with Gasteiger partial charge in [-0.3, -0.25) is 0 Å². The summed E-state index contributed by atoms with van der Waals surface area (Å²) in [5.41, 5.74) is 7.95. The lowest BCUT2D eigenvalue weighted by molar-refractivity contribution is 0.363. The van der Waals surface area contributed by atoms with Crippen LogP contribution in [0.3, 0.4) is 0 Å². The van der Waals surface area contributed by atoms with Crippen LogP contribution in [0.25, 0.3) is 0 Å². The van der Waals surface area contributed by atoms with Crippen LogP contribution in [-0.2, 0) is 6.42 Å². The van der Waals surface area contributed by atoms with Gasteiger partial charge < -0.3 is 5.73 Å². The largest absolute Gasteiger partial charge is 0.325 e. The summed E-state index contributed by atoms with van der Waals surface area (Å²) in [6.07, 6.45) is 4.49. The molecule has 1 atom stereocenters. The van der Waals surface area contributed by atoms with E-state index in [9.17, 15) is 0 Å². The highest BCUT2D eigenvalue weighted by molar-refractivity contribution is 8.00. The van der Waals surface area contributed by atoms with Crippen molar-refractivity contribution in [3.8, 4) is 0 Å². The van der Waals surface area contributed by atoms with Crippen molar-refractivity contribution in [2.24, 2.45) is 5.73 Å². The SMILES string of the molecule is CCC(N)(CC)CC1Cc2ccccc2S1. The number of hydrogen-bond acceptors (Lipinski definition) is 2. The second-order valence-electron chi connectivity index (χ2n) is 4.83. The topological polar surface area (TPSA) is 26.0 Å². The summed E-state index contributed by atoms with van der Waals surface area (Å²) in [5.74, 6) is 0. The Morgan fingerprint density at radius 1 is 1.31 bits per heavy atom. The van der Waals surface area contributed by atoms with Crippen molar-refractivity contribution in [1.29, 1.82) is 0 Å². The molecule has 1 nitrogen and oxygen atoms in total. The molecule has 0 bridgehead atoms. The number of rotatable bonds is 4. The molecule has 2 rings (SSSR count). The molecule has 1 aromatic rings. The van der Waals surface area contributed by atoms with Gasteiger partial charge in [-0.25, -0.2) is 0 Å². The molecule has 0 amide bonds. The fourth-order valence-electron chi connectivity index (χ4n) is 2.36. The molecule has 0 spiro atoms. The molecule has 16 heavy (non-hydrogen) atoms. The Labute approximate surface area is 103 Å². The van der Waals surface area contributed by atoms with Gasteiger partial charge in [0.25, 0.3) is 0 Å². The van der Waals surface area contributed by atoms with Crippen LogP contribution in [0.1, 0.15) is 38.7 Å². The highest BCUT2D eigenvalue weighted by Crippen LogP contribution is 2.40. The minimum absolute atomic E-state index is 0.0414. The highest BCUT2D eigenvalue weighted by Gasteiger charge is 2.29. The molecule has 2 heteroatoms. The van der Waals surface area contributed by atoms with E-state index in [2.05, 4.69) is 38.1 Å². The molecule has 0 saturated carbocycles. The van der Waals surface area contributed by atoms with Crippen molar-refractivity contribution in [2.45, 2.75) is 55.2 Å². The first-order valence-corrected chi connectivity index (χ1v) is 7.08. The number of fused-ring (bicyclic) bond motifs is 1. The average Bonchev–Trinajstić information content (AvgIpc) is 2.70. The van der Waals surface area contributed by atoms with Crippen molar-refractivity contribution in [2.75, 3.05) is 0 Å². The standard InChI is InChI=1S/C14H21NS/c1-3-14(15,4-2)10-12-9-11-7-5-6-8-13(11)16-12/h5-8,12H,3-4,9-10,15H2,1-2H3. The van der Waals surface area contributed by atoms with Gasteiger partial charge in [0.15, 0.2) is 0 Å². The Morgan fingerprint density at radius 2 is 2.00 bits per heavy atom. The molecule has 1 aromatic carbocycles. The van der Waals surface area contributed by atoms with Crippen LogP contribution < -0.4 is 5.73 Å². The molecule has 1 unspecified atom stereocenters. The average molecular weight is 235 g/mol. The molecule has 0 aliphatic carbocycles. The Balaban J connectivity index is 2.02. The summed E-state index contributed by atoms with van der Waals surface area (Å²) in [6.45, 7) is 4.41. The third kappa shape index (κ3) is 2.44. The fourth-order valence-corrected chi connectivity index (χ4v) is 3.86. The van der Waals surface area contributed by atoms with Gasteiger partial charge in [0.05, 0.1) is 0 Å². The van der Waals surface area contributed by atoms with Gasteiger partial charge in [-0.2, -0.15) is 0 Å². The first-order chi connectivity index (χ1) is 7.67. The van der Waals surface area contributed by atoms with Crippen LogP contribution >= 0.6 is 11.8 Å². The molecular formula is C14H21NS. The summed E-state index contributed by atoms with van der Waals surface area (Å²) >= 11 is 2.01. The second kappa shape index (κ2) is 4.80. The van der Waals surface area contributed by atoms with Crippen molar-refractivity contribution in [3.05, 3.63) is 29.8 Å². The molecule has 1 aliphatic rings. The van der Waals surface area contributed by atoms with E-state index in [4.69, 9.17) is 5.73 Å². The van der Waals surface area contributed by atoms with Gasteiger partial charge in [-0.1, -0.05) is 32.0 Å². The fraction of sp³-hybridized carbons (Fsp3) is 0.571. The van der Waals surface area contributed by atoms with E-state index in [0.717, 1.165) is 19.3 Å². The Morgan fingerprint density at radius 3 is 2.62 bits per heavy atom. The summed E-state index contributed by atoms with van der Waals surface area (Å²) in [7, 11) is 0. The summed E-state index contributed by atoms with van der Waals surface area (Å²) < 4.78 is 0. The number of nitrogens with two attached hydrogens (primary N) is 1. The van der Waals surface area contributed by atoms with E-state index < -0.39 is 0 Å². The van der Waals surface area contributed by atoms with Crippen molar-refractivity contribution >= 4 is 11.8 Å². The van der Waals surface area contributed by atoms with Crippen molar-refractivity contribution < 1.29 is 0 Å². The van der Waals surface area contributed by atoms with Crippen LogP contribution in [-0.4, -0.2) is 10.8 Å². The Bertz CT molecular complexity index is 333. The molecule has 1 heterocycles. The highest BCUT2D eigenvalue weighted by atomic mass is 32.2. The number of benzene rings is 1. The van der Waals surface area contributed by atoms with Gasteiger partial charge in [-0.15, -0.1) is 11.8 Å². The molecule has 2 N–H and O–H groups in total. The van der Waals surface area contributed by atoms with E-state index in [1.165, 1.54) is 16.9 Å². The third-order valence-electron chi connectivity index (χ3n) is 3.76. The Kier molecular flexibility index (Phi) is 3.60. The lowest BCUT2D eigenvalue weighted by atomic mass is 9.87. The quantitative estimate of drug-likeness (QED) is 0.862. The summed E-state index contributed by atoms with van der Waals surface area (Å²) in [5, 5.41) is 0.683. The van der Waals surface area contributed by atoms with Gasteiger partial charge >= 0.3 is 0 Å². The molecule has 0 aromatic heterocycles. The summed E-state index contributed by atoms with van der Waals surface area (Å²) in [4.78, 5) is 1.46. The van der Waals surface area contributed by atoms with Gasteiger partial charge in [0, 0.05) is 15.7 Å². The number of hydrogen-bond donors (Lipinski definition) is 1. The third-order valence-corrected chi connectivity index (χ3v) is 5.08. The van der Waals surface area contributed by atoms with Crippen LogP contribution in [0.2, 0.25) is 0 Å². The first kappa shape index (κ1) is 12.0. The predicted octanol–water partition coefficient (Wildman–Crippen LogP) is 3.61. The summed E-state index contributed by atoms with van der Waals surface area (Å²) in [6, 6.07) is 8.75. The number of thioether (sulfide) groups is 1. The van der Waals surface area contributed by atoms with Gasteiger partial charge in [-0.05, 0) is 37.3 Å². The van der Waals surface area contributed by atoms with E-state index in [0.29, 0.717) is 5.25 Å². The van der Waals surface area contributed by atoms with Crippen LogP contribution in [0.4, 0.5) is 0 Å². The Hall–Kier alpha value is -0.470. The normalized spacial score (nSPS) is 19.8. The lowest BCUT2D eigenvalue weighted by Gasteiger charge is -2.29. The van der Waals surface area contributed by atoms with E-state index in [1.54, 1.807) is 0 Å². The maximum Gasteiger partial charge on any atom is 0.0159 e. The van der Waals surface area contributed by atoms with Crippen LogP contribution in [0.15, 0.2) is 29.2 Å². The van der Waals surface area contributed by atoms with Crippen LogP contribution in [0, 0.1) is 0 Å². The van der Waals surface area contributed by atoms with E-state index >= 15 is 0 Å². The second-order valence-corrected chi connectivity index (χ2v) is 6.17.